The van der Waals surface area contributed by atoms with Gasteiger partial charge in [0.05, 0.1) is 0 Å². The number of carbonyl (C=O) groups is 1. The highest BCUT2D eigenvalue weighted by Gasteiger charge is 2.57. The molecule has 5 heteroatoms. The van der Waals surface area contributed by atoms with Gasteiger partial charge in [0.15, 0.2) is 0 Å². The zero-order chi connectivity index (χ0) is 11.6. The van der Waals surface area contributed by atoms with Gasteiger partial charge in [-0.2, -0.15) is 4.99 Å². The average molecular weight is 234 g/mol. The number of carbonyl (C=O) groups excluding carboxylic acids is 1. The molecule has 2 N–H and O–H groups in total. The molecule has 1 spiro atoms. The maximum atomic E-state index is 12.0. The van der Waals surface area contributed by atoms with Crippen molar-refractivity contribution in [2.24, 2.45) is 10.7 Å². The van der Waals surface area contributed by atoms with Crippen molar-refractivity contribution in [3.05, 3.63) is 0 Å². The summed E-state index contributed by atoms with van der Waals surface area (Å²) in [7, 11) is 0. The van der Waals surface area contributed by atoms with Crippen LogP contribution >= 0.6 is 0 Å². The third kappa shape index (κ3) is 1.29. The number of nitrogens with zero attached hydrogens (tertiary/aromatic N) is 3. The molecule has 1 atom stereocenters. The summed E-state index contributed by atoms with van der Waals surface area (Å²) < 4.78 is 0. The van der Waals surface area contributed by atoms with Gasteiger partial charge in [0.1, 0.15) is 11.4 Å². The number of aliphatic imine (C=N–C) groups is 1. The second-order valence-corrected chi connectivity index (χ2v) is 5.86. The van der Waals surface area contributed by atoms with Crippen molar-refractivity contribution in [3.8, 4) is 0 Å². The molecule has 1 saturated heterocycles. The summed E-state index contributed by atoms with van der Waals surface area (Å²) in [5.74, 6) is 0.567. The van der Waals surface area contributed by atoms with Gasteiger partial charge in [0.25, 0.3) is 0 Å². The lowest BCUT2D eigenvalue weighted by Crippen LogP contribution is -2.56. The minimum absolute atomic E-state index is 0.0948. The van der Waals surface area contributed by atoms with E-state index in [1.54, 1.807) is 0 Å². The Bertz CT molecular complexity index is 413. The maximum absolute atomic E-state index is 12.0. The van der Waals surface area contributed by atoms with Gasteiger partial charge in [-0.25, -0.2) is 4.79 Å². The van der Waals surface area contributed by atoms with Crippen LogP contribution in [-0.2, 0) is 0 Å². The molecule has 4 rings (SSSR count). The molecule has 0 aromatic rings. The topological polar surface area (TPSA) is 61.9 Å². The molecule has 92 valence electrons. The number of nitrogens with two attached hydrogens (primary N) is 1. The minimum Gasteiger partial charge on any atom is -0.385 e. The van der Waals surface area contributed by atoms with Crippen LogP contribution < -0.4 is 5.73 Å². The van der Waals surface area contributed by atoms with E-state index in [1.165, 1.54) is 12.8 Å². The molecule has 2 amide bonds. The van der Waals surface area contributed by atoms with Crippen LogP contribution in [0.25, 0.3) is 0 Å². The first-order valence-electron chi connectivity index (χ1n) is 6.63. The minimum atomic E-state index is -0.249. The predicted molar refractivity (Wildman–Crippen MR) is 63.8 cm³/mol. The Labute approximate surface area is 101 Å². The quantitative estimate of drug-likeness (QED) is 0.759. The summed E-state index contributed by atoms with van der Waals surface area (Å²) in [5, 5.41) is 0. The lowest BCUT2D eigenvalue weighted by atomic mass is 9.96. The number of likely N-dealkylation sites (tertiary alicyclic amines) is 1. The molecule has 1 unspecified atom stereocenters. The standard InChI is InChI=1S/C12H18N4O/c13-10-12(5-6-15(7-12)8-1-2-8)16(9-3-4-9)11(17)14-10/h8-9H,1-7H2,(H2,13,14,17). The van der Waals surface area contributed by atoms with Gasteiger partial charge in [-0.1, -0.05) is 0 Å². The van der Waals surface area contributed by atoms with E-state index in [4.69, 9.17) is 5.73 Å². The molecule has 3 fully saturated rings. The fourth-order valence-electron chi connectivity index (χ4n) is 3.39. The predicted octanol–water partition coefficient (Wildman–Crippen LogP) is 0.548. The zero-order valence-corrected chi connectivity index (χ0v) is 9.93. The smallest absolute Gasteiger partial charge is 0.346 e. The largest absolute Gasteiger partial charge is 0.385 e. The van der Waals surface area contributed by atoms with Crippen LogP contribution in [0, 0.1) is 0 Å². The second-order valence-electron chi connectivity index (χ2n) is 5.86. The molecule has 0 bridgehead atoms. The molecule has 2 aliphatic heterocycles. The summed E-state index contributed by atoms with van der Waals surface area (Å²) in [4.78, 5) is 20.5. The van der Waals surface area contributed by atoms with Crippen molar-refractivity contribution >= 4 is 11.9 Å². The van der Waals surface area contributed by atoms with Crippen molar-refractivity contribution in [2.45, 2.75) is 49.7 Å². The SMILES string of the molecule is NC1=NC(=O)N(C2CC2)C12CCN(C1CC1)C2. The number of hydrogen-bond acceptors (Lipinski definition) is 3. The van der Waals surface area contributed by atoms with Gasteiger partial charge in [-0.3, -0.25) is 4.90 Å². The van der Waals surface area contributed by atoms with Crippen LogP contribution in [0.5, 0.6) is 0 Å². The first-order chi connectivity index (χ1) is 8.21. The van der Waals surface area contributed by atoms with Crippen LogP contribution in [0.15, 0.2) is 4.99 Å². The highest BCUT2D eigenvalue weighted by atomic mass is 16.2. The fraction of sp³-hybridized carbons (Fsp3) is 0.833. The van der Waals surface area contributed by atoms with Gasteiger partial charge >= 0.3 is 6.03 Å². The van der Waals surface area contributed by atoms with E-state index in [9.17, 15) is 4.79 Å². The maximum Gasteiger partial charge on any atom is 0.346 e. The molecule has 0 aromatic carbocycles. The third-order valence-corrected chi connectivity index (χ3v) is 4.61. The van der Waals surface area contributed by atoms with Crippen LogP contribution in [0.4, 0.5) is 4.79 Å². The molecule has 2 heterocycles. The lowest BCUT2D eigenvalue weighted by Gasteiger charge is -2.34. The summed E-state index contributed by atoms with van der Waals surface area (Å²) in [6, 6.07) is 1.06. The van der Waals surface area contributed by atoms with Crippen LogP contribution in [0.1, 0.15) is 32.1 Å². The monoisotopic (exact) mass is 234 g/mol. The summed E-state index contributed by atoms with van der Waals surface area (Å²) >= 11 is 0. The van der Waals surface area contributed by atoms with Crippen molar-refractivity contribution in [3.63, 3.8) is 0 Å². The number of amides is 2. The normalized spacial score (nSPS) is 38.2. The lowest BCUT2D eigenvalue weighted by molar-refractivity contribution is 0.164. The fourth-order valence-corrected chi connectivity index (χ4v) is 3.39. The van der Waals surface area contributed by atoms with Gasteiger partial charge < -0.3 is 10.6 Å². The van der Waals surface area contributed by atoms with Crippen LogP contribution in [0.3, 0.4) is 0 Å². The third-order valence-electron chi connectivity index (χ3n) is 4.61. The number of hydrogen-bond donors (Lipinski definition) is 1. The Hall–Kier alpha value is -1.10. The molecule has 4 aliphatic rings. The molecular formula is C12H18N4O. The van der Waals surface area contributed by atoms with E-state index in [1.807, 2.05) is 4.90 Å². The van der Waals surface area contributed by atoms with E-state index < -0.39 is 0 Å². The molecule has 17 heavy (non-hydrogen) atoms. The molecule has 0 radical (unpaired) electrons. The Balaban J connectivity index is 1.65. The van der Waals surface area contributed by atoms with Gasteiger partial charge in [-0.15, -0.1) is 0 Å². The highest BCUT2D eigenvalue weighted by molar-refractivity contribution is 6.06. The van der Waals surface area contributed by atoms with Crippen LogP contribution in [0.2, 0.25) is 0 Å². The average Bonchev–Trinajstić information content (AvgIpc) is 3.19. The van der Waals surface area contributed by atoms with E-state index >= 15 is 0 Å². The van der Waals surface area contributed by atoms with E-state index in [0.29, 0.717) is 11.9 Å². The molecule has 2 saturated carbocycles. The summed E-state index contributed by atoms with van der Waals surface area (Å²) in [5.41, 5.74) is 5.82. The van der Waals surface area contributed by atoms with Gasteiger partial charge in [0, 0.05) is 25.2 Å². The van der Waals surface area contributed by atoms with Crippen LogP contribution in [-0.4, -0.2) is 52.4 Å². The van der Waals surface area contributed by atoms with E-state index in [2.05, 4.69) is 9.89 Å². The Morgan fingerprint density at radius 1 is 1.24 bits per heavy atom. The second kappa shape index (κ2) is 3.02. The zero-order valence-electron chi connectivity index (χ0n) is 9.93. The highest BCUT2D eigenvalue weighted by Crippen LogP contribution is 2.43. The molecule has 5 nitrogen and oxygen atoms in total. The van der Waals surface area contributed by atoms with Gasteiger partial charge in [0.2, 0.25) is 0 Å². The van der Waals surface area contributed by atoms with Crippen molar-refractivity contribution < 1.29 is 4.79 Å². The first kappa shape index (κ1) is 9.88. The van der Waals surface area contributed by atoms with Gasteiger partial charge in [-0.05, 0) is 32.1 Å². The number of amidine groups is 1. The number of rotatable bonds is 2. The molecule has 0 aromatic heterocycles. The van der Waals surface area contributed by atoms with Crippen molar-refractivity contribution in [1.29, 1.82) is 0 Å². The van der Waals surface area contributed by atoms with Crippen molar-refractivity contribution in [1.82, 2.24) is 9.80 Å². The Morgan fingerprint density at radius 3 is 2.59 bits per heavy atom. The van der Waals surface area contributed by atoms with Crippen molar-refractivity contribution in [2.75, 3.05) is 13.1 Å². The molecular weight excluding hydrogens is 216 g/mol. The summed E-state index contributed by atoms with van der Waals surface area (Å²) in [6.07, 6.45) is 5.84. The Morgan fingerprint density at radius 2 is 1.94 bits per heavy atom. The number of urea groups is 1. The summed E-state index contributed by atoms with van der Waals surface area (Å²) in [6.45, 7) is 1.98. The van der Waals surface area contributed by atoms with E-state index in [-0.39, 0.29) is 11.6 Å². The van der Waals surface area contributed by atoms with E-state index in [0.717, 1.165) is 38.4 Å². The Kier molecular flexibility index (Phi) is 1.75. The molecule has 2 aliphatic carbocycles. The first-order valence-corrected chi connectivity index (χ1v) is 6.63.